The summed E-state index contributed by atoms with van der Waals surface area (Å²) in [7, 11) is 0. The van der Waals surface area contributed by atoms with E-state index in [0.29, 0.717) is 24.9 Å². The Kier molecular flexibility index (Phi) is 5.90. The molecule has 1 aliphatic carbocycles. The summed E-state index contributed by atoms with van der Waals surface area (Å²) in [5, 5.41) is 0. The zero-order valence-electron chi connectivity index (χ0n) is 14.9. The Morgan fingerprint density at radius 2 is 2.21 bits per heavy atom. The minimum atomic E-state index is -0.0960. The maximum absolute atomic E-state index is 12.2. The van der Waals surface area contributed by atoms with Gasteiger partial charge in [-0.05, 0) is 35.8 Å². The topological polar surface area (TPSA) is 38.8 Å². The molecule has 1 aromatic rings. The van der Waals surface area contributed by atoms with Crippen LogP contribution in [0.2, 0.25) is 0 Å². The number of benzene rings is 1. The minimum Gasteiger partial charge on any atom is -0.463 e. The standard InChI is InChI=1S/C20H29NO3/c1-15(2)12-21-9-10-23-18(13-21)14-24-20(22)11-17-8-7-16-5-3-4-6-19(16)17/h3-6,15,17-18H,7-14H2,1-2H3. The third-order valence-corrected chi connectivity index (χ3v) is 4.95. The number of carbonyl (C=O) groups excluding carboxylic acids is 1. The summed E-state index contributed by atoms with van der Waals surface area (Å²) in [6.07, 6.45) is 2.62. The Morgan fingerprint density at radius 3 is 3.04 bits per heavy atom. The number of fused-ring (bicyclic) bond motifs is 1. The second-order valence-electron chi connectivity index (χ2n) is 7.47. The number of rotatable bonds is 6. The summed E-state index contributed by atoms with van der Waals surface area (Å²) >= 11 is 0. The lowest BCUT2D eigenvalue weighted by molar-refractivity contribution is -0.151. The molecule has 1 heterocycles. The predicted molar refractivity (Wildman–Crippen MR) is 94.1 cm³/mol. The molecule has 1 fully saturated rings. The normalized spacial score (nSPS) is 24.1. The number of carbonyl (C=O) groups is 1. The molecule has 3 rings (SSSR count). The van der Waals surface area contributed by atoms with E-state index >= 15 is 0 Å². The van der Waals surface area contributed by atoms with Crippen LogP contribution in [-0.4, -0.2) is 49.8 Å². The molecule has 0 radical (unpaired) electrons. The lowest BCUT2D eigenvalue weighted by Gasteiger charge is -2.33. The van der Waals surface area contributed by atoms with Gasteiger partial charge in [0.15, 0.2) is 0 Å². The predicted octanol–water partition coefficient (Wildman–Crippen LogP) is 3.01. The Bertz CT molecular complexity index is 558. The molecule has 0 bridgehead atoms. The number of aryl methyl sites for hydroxylation is 1. The van der Waals surface area contributed by atoms with Crippen LogP contribution < -0.4 is 0 Å². The van der Waals surface area contributed by atoms with Crippen molar-refractivity contribution in [1.29, 1.82) is 0 Å². The van der Waals surface area contributed by atoms with Crippen LogP contribution >= 0.6 is 0 Å². The first-order valence-corrected chi connectivity index (χ1v) is 9.19. The molecule has 0 spiro atoms. The van der Waals surface area contributed by atoms with Gasteiger partial charge in [0.2, 0.25) is 0 Å². The van der Waals surface area contributed by atoms with Crippen LogP contribution in [0.5, 0.6) is 0 Å². The molecule has 1 aromatic carbocycles. The van der Waals surface area contributed by atoms with Crippen molar-refractivity contribution in [2.45, 2.75) is 45.1 Å². The molecular formula is C20H29NO3. The lowest BCUT2D eigenvalue weighted by Crippen LogP contribution is -2.45. The van der Waals surface area contributed by atoms with Gasteiger partial charge in [-0.25, -0.2) is 0 Å². The number of hydrogen-bond acceptors (Lipinski definition) is 4. The van der Waals surface area contributed by atoms with Gasteiger partial charge in [0, 0.05) is 19.6 Å². The molecule has 0 N–H and O–H groups in total. The zero-order valence-corrected chi connectivity index (χ0v) is 14.9. The van der Waals surface area contributed by atoms with Crippen molar-refractivity contribution >= 4 is 5.97 Å². The summed E-state index contributed by atoms with van der Waals surface area (Å²) in [4.78, 5) is 14.6. The number of ether oxygens (including phenoxy) is 2. The van der Waals surface area contributed by atoms with Crippen LogP contribution in [0.15, 0.2) is 24.3 Å². The van der Waals surface area contributed by atoms with Crippen molar-refractivity contribution in [3.63, 3.8) is 0 Å². The van der Waals surface area contributed by atoms with Crippen LogP contribution in [0, 0.1) is 5.92 Å². The van der Waals surface area contributed by atoms with Crippen LogP contribution in [0.25, 0.3) is 0 Å². The van der Waals surface area contributed by atoms with Gasteiger partial charge in [0.25, 0.3) is 0 Å². The number of nitrogens with zero attached hydrogens (tertiary/aromatic N) is 1. The van der Waals surface area contributed by atoms with Gasteiger partial charge < -0.3 is 9.47 Å². The highest BCUT2D eigenvalue weighted by Crippen LogP contribution is 2.35. The van der Waals surface area contributed by atoms with Crippen LogP contribution in [0.4, 0.5) is 0 Å². The van der Waals surface area contributed by atoms with Gasteiger partial charge in [0.05, 0.1) is 13.0 Å². The SMILES string of the molecule is CC(C)CN1CCOC(COC(=O)CC2CCc3ccccc32)C1. The molecule has 2 aliphatic rings. The van der Waals surface area contributed by atoms with Crippen molar-refractivity contribution in [3.05, 3.63) is 35.4 Å². The maximum Gasteiger partial charge on any atom is 0.306 e. The highest BCUT2D eigenvalue weighted by molar-refractivity contribution is 5.71. The van der Waals surface area contributed by atoms with Crippen molar-refractivity contribution < 1.29 is 14.3 Å². The molecule has 24 heavy (non-hydrogen) atoms. The van der Waals surface area contributed by atoms with E-state index in [9.17, 15) is 4.79 Å². The van der Waals surface area contributed by atoms with E-state index < -0.39 is 0 Å². The third-order valence-electron chi connectivity index (χ3n) is 4.95. The van der Waals surface area contributed by atoms with Gasteiger partial charge in [-0.1, -0.05) is 38.1 Å². The Hall–Kier alpha value is -1.39. The minimum absolute atomic E-state index is 0.0114. The Balaban J connectivity index is 1.43. The molecule has 1 saturated heterocycles. The fourth-order valence-electron chi connectivity index (χ4n) is 3.87. The van der Waals surface area contributed by atoms with E-state index in [0.717, 1.165) is 39.1 Å². The molecule has 1 aliphatic heterocycles. The zero-order chi connectivity index (χ0) is 16.9. The van der Waals surface area contributed by atoms with Gasteiger partial charge >= 0.3 is 5.97 Å². The van der Waals surface area contributed by atoms with Crippen LogP contribution in [0.1, 0.15) is 43.7 Å². The largest absolute Gasteiger partial charge is 0.463 e. The summed E-state index contributed by atoms with van der Waals surface area (Å²) in [5.74, 6) is 0.869. The van der Waals surface area contributed by atoms with Gasteiger partial charge in [0.1, 0.15) is 12.7 Å². The first-order valence-electron chi connectivity index (χ1n) is 9.19. The maximum atomic E-state index is 12.2. The van der Waals surface area contributed by atoms with E-state index in [1.54, 1.807) is 0 Å². The van der Waals surface area contributed by atoms with E-state index in [2.05, 4.69) is 43.0 Å². The molecule has 132 valence electrons. The van der Waals surface area contributed by atoms with Gasteiger partial charge in [-0.3, -0.25) is 9.69 Å². The van der Waals surface area contributed by atoms with E-state index in [4.69, 9.17) is 9.47 Å². The number of esters is 1. The lowest BCUT2D eigenvalue weighted by atomic mass is 9.98. The Morgan fingerprint density at radius 1 is 1.38 bits per heavy atom. The monoisotopic (exact) mass is 331 g/mol. The summed E-state index contributed by atoms with van der Waals surface area (Å²) in [5.41, 5.74) is 2.71. The van der Waals surface area contributed by atoms with Crippen molar-refractivity contribution in [2.24, 2.45) is 5.92 Å². The second kappa shape index (κ2) is 8.13. The third kappa shape index (κ3) is 4.58. The van der Waals surface area contributed by atoms with E-state index in [1.807, 2.05) is 0 Å². The molecular weight excluding hydrogens is 302 g/mol. The first kappa shape index (κ1) is 17.4. The van der Waals surface area contributed by atoms with E-state index in [1.165, 1.54) is 11.1 Å². The molecule has 2 unspecified atom stereocenters. The fraction of sp³-hybridized carbons (Fsp3) is 0.650. The van der Waals surface area contributed by atoms with Crippen molar-refractivity contribution in [1.82, 2.24) is 4.90 Å². The van der Waals surface area contributed by atoms with Crippen LogP contribution in [-0.2, 0) is 20.7 Å². The Labute approximate surface area is 145 Å². The van der Waals surface area contributed by atoms with E-state index in [-0.39, 0.29) is 12.1 Å². The molecule has 0 saturated carbocycles. The van der Waals surface area contributed by atoms with Crippen molar-refractivity contribution in [2.75, 3.05) is 32.8 Å². The molecule has 4 nitrogen and oxygen atoms in total. The highest BCUT2D eigenvalue weighted by atomic mass is 16.6. The van der Waals surface area contributed by atoms with Crippen LogP contribution in [0.3, 0.4) is 0 Å². The average molecular weight is 331 g/mol. The first-order chi connectivity index (χ1) is 11.6. The number of morpholine rings is 1. The molecule has 4 heteroatoms. The molecule has 0 aromatic heterocycles. The number of hydrogen-bond donors (Lipinski definition) is 0. The summed E-state index contributed by atoms with van der Waals surface area (Å²) in [6, 6.07) is 8.44. The average Bonchev–Trinajstić information content (AvgIpc) is 2.96. The molecule has 0 amide bonds. The smallest absolute Gasteiger partial charge is 0.306 e. The molecule has 2 atom stereocenters. The fourth-order valence-corrected chi connectivity index (χ4v) is 3.87. The van der Waals surface area contributed by atoms with Gasteiger partial charge in [-0.2, -0.15) is 0 Å². The van der Waals surface area contributed by atoms with Crippen molar-refractivity contribution in [3.8, 4) is 0 Å². The second-order valence-corrected chi connectivity index (χ2v) is 7.47. The highest BCUT2D eigenvalue weighted by Gasteiger charge is 2.26. The van der Waals surface area contributed by atoms with Gasteiger partial charge in [-0.15, -0.1) is 0 Å². The quantitative estimate of drug-likeness (QED) is 0.751. The summed E-state index contributed by atoms with van der Waals surface area (Å²) < 4.78 is 11.3. The summed E-state index contributed by atoms with van der Waals surface area (Å²) in [6.45, 7) is 8.46.